The zero-order valence-corrected chi connectivity index (χ0v) is 8.05. The summed E-state index contributed by atoms with van der Waals surface area (Å²) in [5.41, 5.74) is 0.935. The van der Waals surface area contributed by atoms with Crippen LogP contribution in [0.5, 0.6) is 6.01 Å². The number of para-hydroxylation sites is 1. The highest BCUT2D eigenvalue weighted by atomic mass is 35.5. The molecule has 2 rings (SSSR count). The zero-order valence-electron chi connectivity index (χ0n) is 7.30. The summed E-state index contributed by atoms with van der Waals surface area (Å²) in [5, 5.41) is 4.07. The molecule has 2 aromatic rings. The Balaban J connectivity index is 2.25. The molecule has 0 spiro atoms. The maximum atomic E-state index is 5.38. The van der Waals surface area contributed by atoms with Crippen molar-refractivity contribution >= 4 is 11.6 Å². The van der Waals surface area contributed by atoms with Gasteiger partial charge in [0, 0.05) is 0 Å². The van der Waals surface area contributed by atoms with Crippen molar-refractivity contribution in [2.24, 2.45) is 0 Å². The van der Waals surface area contributed by atoms with Crippen LogP contribution in [0.3, 0.4) is 0 Å². The molecule has 72 valence electrons. The minimum absolute atomic E-state index is 0.0544. The van der Waals surface area contributed by atoms with Crippen LogP contribution < -0.4 is 4.74 Å². The number of ether oxygens (including phenoxy) is 1. The molecule has 1 aromatic carbocycles. The van der Waals surface area contributed by atoms with Crippen LogP contribution in [0.25, 0.3) is 5.69 Å². The summed E-state index contributed by atoms with van der Waals surface area (Å²) in [4.78, 5) is 3.93. The van der Waals surface area contributed by atoms with Crippen molar-refractivity contribution in [3.8, 4) is 11.7 Å². The van der Waals surface area contributed by atoms with E-state index in [0.717, 1.165) is 5.69 Å². The maximum Gasteiger partial charge on any atom is 0.336 e. The molecule has 0 fully saturated rings. The Morgan fingerprint density at radius 1 is 1.29 bits per heavy atom. The molecular weight excluding hydrogens is 202 g/mol. The molecule has 1 heterocycles. The standard InChI is InChI=1S/C9H8ClN3O/c10-6-14-9-11-7-13(12-9)8-4-2-1-3-5-8/h1-5,7H,6H2. The second-order valence-electron chi connectivity index (χ2n) is 2.56. The Hall–Kier alpha value is -1.55. The van der Waals surface area contributed by atoms with Crippen LogP contribution in [-0.2, 0) is 0 Å². The van der Waals surface area contributed by atoms with Crippen LogP contribution in [0.2, 0.25) is 0 Å². The Labute approximate surface area is 86.1 Å². The highest BCUT2D eigenvalue weighted by molar-refractivity contribution is 6.17. The van der Waals surface area contributed by atoms with Crippen LogP contribution in [-0.4, -0.2) is 20.8 Å². The van der Waals surface area contributed by atoms with Crippen molar-refractivity contribution in [2.45, 2.75) is 0 Å². The predicted octanol–water partition coefficient (Wildman–Crippen LogP) is 1.84. The molecule has 0 unspecified atom stereocenters. The SMILES string of the molecule is ClCOc1ncn(-c2ccccc2)n1. The smallest absolute Gasteiger partial charge is 0.336 e. The van der Waals surface area contributed by atoms with Gasteiger partial charge in [0.2, 0.25) is 0 Å². The number of alkyl halides is 1. The second kappa shape index (κ2) is 4.11. The monoisotopic (exact) mass is 209 g/mol. The number of rotatable bonds is 3. The van der Waals surface area contributed by atoms with E-state index in [1.54, 1.807) is 11.0 Å². The quantitative estimate of drug-likeness (QED) is 0.725. The van der Waals surface area contributed by atoms with Crippen LogP contribution in [0.4, 0.5) is 0 Å². The van der Waals surface area contributed by atoms with E-state index in [-0.39, 0.29) is 12.1 Å². The molecule has 5 heteroatoms. The van der Waals surface area contributed by atoms with Crippen molar-refractivity contribution in [1.82, 2.24) is 14.8 Å². The van der Waals surface area contributed by atoms with Crippen LogP contribution in [0.1, 0.15) is 0 Å². The fourth-order valence-corrected chi connectivity index (χ4v) is 1.17. The molecule has 0 N–H and O–H groups in total. The van der Waals surface area contributed by atoms with Crippen molar-refractivity contribution in [2.75, 3.05) is 6.07 Å². The third kappa shape index (κ3) is 1.85. The van der Waals surface area contributed by atoms with E-state index in [0.29, 0.717) is 0 Å². The molecule has 0 aliphatic rings. The van der Waals surface area contributed by atoms with Crippen molar-refractivity contribution in [3.63, 3.8) is 0 Å². The number of benzene rings is 1. The van der Waals surface area contributed by atoms with Gasteiger partial charge in [-0.2, -0.15) is 4.98 Å². The highest BCUT2D eigenvalue weighted by Gasteiger charge is 2.01. The number of nitrogens with zero attached hydrogens (tertiary/aromatic N) is 3. The Morgan fingerprint density at radius 2 is 2.07 bits per heavy atom. The second-order valence-corrected chi connectivity index (χ2v) is 2.78. The van der Waals surface area contributed by atoms with E-state index < -0.39 is 0 Å². The van der Waals surface area contributed by atoms with Gasteiger partial charge in [0.25, 0.3) is 0 Å². The highest BCUT2D eigenvalue weighted by Crippen LogP contribution is 2.08. The topological polar surface area (TPSA) is 39.9 Å². The normalized spacial score (nSPS) is 10.1. The minimum Gasteiger partial charge on any atom is -0.446 e. The summed E-state index contributed by atoms with van der Waals surface area (Å²) in [6.07, 6.45) is 1.58. The van der Waals surface area contributed by atoms with Crippen LogP contribution >= 0.6 is 11.6 Å². The molecule has 0 aliphatic carbocycles. The van der Waals surface area contributed by atoms with Crippen LogP contribution in [0.15, 0.2) is 36.7 Å². The molecule has 0 bridgehead atoms. The molecule has 1 aromatic heterocycles. The first-order valence-electron chi connectivity index (χ1n) is 4.06. The van der Waals surface area contributed by atoms with E-state index >= 15 is 0 Å². The van der Waals surface area contributed by atoms with E-state index in [4.69, 9.17) is 16.3 Å². The van der Waals surface area contributed by atoms with Gasteiger partial charge in [0.15, 0.2) is 6.07 Å². The molecule has 0 amide bonds. The Morgan fingerprint density at radius 3 is 2.79 bits per heavy atom. The molecule has 0 aliphatic heterocycles. The molecular formula is C9H8ClN3O. The van der Waals surface area contributed by atoms with Gasteiger partial charge in [0.05, 0.1) is 5.69 Å². The lowest BCUT2D eigenvalue weighted by Gasteiger charge is -1.97. The summed E-state index contributed by atoms with van der Waals surface area (Å²) in [7, 11) is 0. The van der Waals surface area contributed by atoms with Gasteiger partial charge < -0.3 is 4.74 Å². The number of halogens is 1. The Kier molecular flexibility index (Phi) is 2.65. The summed E-state index contributed by atoms with van der Waals surface area (Å²) >= 11 is 5.38. The average molecular weight is 210 g/mol. The van der Waals surface area contributed by atoms with Gasteiger partial charge >= 0.3 is 6.01 Å². The lowest BCUT2D eigenvalue weighted by atomic mass is 10.3. The summed E-state index contributed by atoms with van der Waals surface area (Å²) < 4.78 is 6.56. The first-order valence-corrected chi connectivity index (χ1v) is 4.59. The lowest BCUT2D eigenvalue weighted by molar-refractivity contribution is 0.355. The van der Waals surface area contributed by atoms with E-state index in [1.165, 1.54) is 0 Å². The van der Waals surface area contributed by atoms with Gasteiger partial charge in [-0.1, -0.05) is 29.8 Å². The fourth-order valence-electron chi connectivity index (χ4n) is 1.07. The van der Waals surface area contributed by atoms with Crippen molar-refractivity contribution in [3.05, 3.63) is 36.7 Å². The fraction of sp³-hybridized carbons (Fsp3) is 0.111. The molecule has 0 radical (unpaired) electrons. The van der Waals surface area contributed by atoms with Gasteiger partial charge in [-0.25, -0.2) is 4.68 Å². The number of hydrogen-bond donors (Lipinski definition) is 0. The zero-order chi connectivity index (χ0) is 9.80. The summed E-state index contributed by atoms with van der Waals surface area (Å²) in [6.45, 7) is 0. The van der Waals surface area contributed by atoms with E-state index in [9.17, 15) is 0 Å². The average Bonchev–Trinajstić information content (AvgIpc) is 2.68. The third-order valence-electron chi connectivity index (χ3n) is 1.68. The van der Waals surface area contributed by atoms with Gasteiger partial charge in [-0.3, -0.25) is 0 Å². The lowest BCUT2D eigenvalue weighted by Crippen LogP contribution is -1.95. The van der Waals surface area contributed by atoms with Crippen molar-refractivity contribution < 1.29 is 4.74 Å². The van der Waals surface area contributed by atoms with E-state index in [1.807, 2.05) is 30.3 Å². The van der Waals surface area contributed by atoms with Gasteiger partial charge in [-0.15, -0.1) is 5.10 Å². The maximum absolute atomic E-state index is 5.38. The number of hydrogen-bond acceptors (Lipinski definition) is 3. The van der Waals surface area contributed by atoms with Crippen LogP contribution in [0, 0.1) is 0 Å². The predicted molar refractivity (Wildman–Crippen MR) is 52.7 cm³/mol. The first-order chi connectivity index (χ1) is 6.90. The summed E-state index contributed by atoms with van der Waals surface area (Å²) in [6, 6.07) is 10.00. The van der Waals surface area contributed by atoms with Gasteiger partial charge in [-0.05, 0) is 12.1 Å². The molecule has 4 nitrogen and oxygen atoms in total. The molecule has 0 saturated carbocycles. The number of aromatic nitrogens is 3. The third-order valence-corrected chi connectivity index (χ3v) is 1.78. The summed E-state index contributed by atoms with van der Waals surface area (Å²) in [5.74, 6) is 0. The molecule has 0 atom stereocenters. The largest absolute Gasteiger partial charge is 0.446 e. The van der Waals surface area contributed by atoms with E-state index in [2.05, 4.69) is 10.1 Å². The van der Waals surface area contributed by atoms with Gasteiger partial charge in [0.1, 0.15) is 6.33 Å². The minimum atomic E-state index is 0.0544. The Bertz CT molecular complexity index is 401. The van der Waals surface area contributed by atoms with Crippen molar-refractivity contribution in [1.29, 1.82) is 0 Å². The molecule has 14 heavy (non-hydrogen) atoms. The molecule has 0 saturated heterocycles. The first kappa shape index (κ1) is 9.02.